The third kappa shape index (κ3) is 3.35. The smallest absolute Gasteiger partial charge is 0.227 e. The van der Waals surface area contributed by atoms with Crippen molar-refractivity contribution in [3.05, 3.63) is 15.3 Å². The quantitative estimate of drug-likeness (QED) is 0.758. The maximum atomic E-state index is 12.2. The highest BCUT2D eigenvalue weighted by molar-refractivity contribution is 9.11. The minimum Gasteiger partial charge on any atom is -0.395 e. The van der Waals surface area contributed by atoms with Crippen LogP contribution in [0.5, 0.6) is 0 Å². The average Bonchev–Trinajstić information content (AvgIpc) is 2.74. The Morgan fingerprint density at radius 2 is 2.30 bits per heavy atom. The van der Waals surface area contributed by atoms with Crippen molar-refractivity contribution in [3.63, 3.8) is 0 Å². The molecular formula is C12H13Br2N3O2S. The first kappa shape index (κ1) is 15.8. The number of hydrogen-bond donors (Lipinski definition) is 1. The van der Waals surface area contributed by atoms with E-state index < -0.39 is 0 Å². The number of nitrogen functional groups attached to an aromatic ring is 1. The van der Waals surface area contributed by atoms with Crippen LogP contribution in [0.1, 0.15) is 13.3 Å². The van der Waals surface area contributed by atoms with Gasteiger partial charge in [0.1, 0.15) is 4.60 Å². The summed E-state index contributed by atoms with van der Waals surface area (Å²) in [5, 5.41) is 0.0725. The predicted molar refractivity (Wildman–Crippen MR) is 87.6 cm³/mol. The normalized spacial score (nSPS) is 18.6. The summed E-state index contributed by atoms with van der Waals surface area (Å²) in [6.07, 6.45) is 2.05. The summed E-state index contributed by atoms with van der Waals surface area (Å²) in [6, 6.07) is 0. The minimum atomic E-state index is 0.0182. The van der Waals surface area contributed by atoms with Crippen LogP contribution in [0.2, 0.25) is 0 Å². The SMILES string of the molecule is CC(=O)SCC1CC(=O)N(c2c(Br)cnc(Br)c2N)C1. The van der Waals surface area contributed by atoms with E-state index >= 15 is 0 Å². The molecule has 0 radical (unpaired) electrons. The second-order valence-corrected chi connectivity index (χ2v) is 7.34. The number of rotatable bonds is 3. The van der Waals surface area contributed by atoms with E-state index in [4.69, 9.17) is 5.73 Å². The second-order valence-electron chi connectivity index (χ2n) is 4.54. The molecule has 1 amide bonds. The van der Waals surface area contributed by atoms with Crippen LogP contribution in [0.4, 0.5) is 11.4 Å². The van der Waals surface area contributed by atoms with Crippen LogP contribution in [0.3, 0.4) is 0 Å². The minimum absolute atomic E-state index is 0.0182. The molecule has 0 saturated carbocycles. The lowest BCUT2D eigenvalue weighted by Crippen LogP contribution is -2.26. The van der Waals surface area contributed by atoms with Gasteiger partial charge in [-0.05, 0) is 37.8 Å². The van der Waals surface area contributed by atoms with Crippen molar-refractivity contribution in [3.8, 4) is 0 Å². The van der Waals surface area contributed by atoms with Gasteiger partial charge in [0, 0.05) is 31.8 Å². The fourth-order valence-electron chi connectivity index (χ4n) is 2.09. The number of carbonyl (C=O) groups is 2. The van der Waals surface area contributed by atoms with Gasteiger partial charge in [0.2, 0.25) is 5.91 Å². The molecule has 5 nitrogen and oxygen atoms in total. The summed E-state index contributed by atoms with van der Waals surface area (Å²) in [4.78, 5) is 28.9. The Morgan fingerprint density at radius 1 is 1.60 bits per heavy atom. The molecule has 0 aromatic carbocycles. The van der Waals surface area contributed by atoms with Gasteiger partial charge < -0.3 is 10.6 Å². The van der Waals surface area contributed by atoms with E-state index in [9.17, 15) is 9.59 Å². The van der Waals surface area contributed by atoms with Gasteiger partial charge in [0.15, 0.2) is 5.12 Å². The third-order valence-electron chi connectivity index (χ3n) is 2.99. The number of amides is 1. The topological polar surface area (TPSA) is 76.3 Å². The highest BCUT2D eigenvalue weighted by Gasteiger charge is 2.33. The van der Waals surface area contributed by atoms with Crippen molar-refractivity contribution in [2.45, 2.75) is 13.3 Å². The molecule has 1 aromatic heterocycles. The fraction of sp³-hybridized carbons (Fsp3) is 0.417. The van der Waals surface area contributed by atoms with Crippen LogP contribution >= 0.6 is 43.6 Å². The van der Waals surface area contributed by atoms with Crippen molar-refractivity contribution in [1.82, 2.24) is 4.98 Å². The lowest BCUT2D eigenvalue weighted by atomic mass is 10.1. The fourth-order valence-corrected chi connectivity index (χ4v) is 3.60. The largest absolute Gasteiger partial charge is 0.395 e. The Labute approximate surface area is 137 Å². The van der Waals surface area contributed by atoms with Gasteiger partial charge in [0.05, 0.1) is 15.8 Å². The Kier molecular flexibility index (Phi) is 5.09. The molecule has 1 saturated heterocycles. The highest BCUT2D eigenvalue weighted by atomic mass is 79.9. The first-order valence-corrected chi connectivity index (χ1v) is 8.50. The molecule has 2 rings (SSSR count). The molecule has 2 heterocycles. The molecule has 0 bridgehead atoms. The maximum Gasteiger partial charge on any atom is 0.227 e. The maximum absolute atomic E-state index is 12.2. The van der Waals surface area contributed by atoms with Crippen molar-refractivity contribution < 1.29 is 9.59 Å². The summed E-state index contributed by atoms with van der Waals surface area (Å²) in [5.74, 6) is 0.834. The number of nitrogens with two attached hydrogens (primary N) is 1. The highest BCUT2D eigenvalue weighted by Crippen LogP contribution is 2.39. The number of aromatic nitrogens is 1. The standard InChI is InChI=1S/C12H13Br2N3O2S/c1-6(18)20-5-7-2-9(19)17(4-7)11-8(13)3-16-12(14)10(11)15/h3,7H,2,4-5,15H2,1H3. The number of hydrogen-bond acceptors (Lipinski definition) is 5. The van der Waals surface area contributed by atoms with Crippen molar-refractivity contribution in [1.29, 1.82) is 0 Å². The molecule has 1 aromatic rings. The summed E-state index contributed by atoms with van der Waals surface area (Å²) in [5.41, 5.74) is 7.08. The third-order valence-corrected chi connectivity index (χ3v) is 5.25. The molecule has 1 aliphatic rings. The van der Waals surface area contributed by atoms with E-state index in [0.717, 1.165) is 0 Å². The van der Waals surface area contributed by atoms with Crippen LogP contribution in [0.15, 0.2) is 15.3 Å². The van der Waals surface area contributed by atoms with Crippen LogP contribution < -0.4 is 10.6 Å². The molecule has 20 heavy (non-hydrogen) atoms. The molecule has 1 fully saturated rings. The summed E-state index contributed by atoms with van der Waals surface area (Å²) in [6.45, 7) is 2.10. The summed E-state index contributed by atoms with van der Waals surface area (Å²) >= 11 is 7.91. The van der Waals surface area contributed by atoms with E-state index in [-0.39, 0.29) is 16.9 Å². The lowest BCUT2D eigenvalue weighted by molar-refractivity contribution is -0.117. The van der Waals surface area contributed by atoms with Crippen LogP contribution in [0, 0.1) is 5.92 Å². The molecule has 0 aliphatic carbocycles. The molecule has 0 spiro atoms. The summed E-state index contributed by atoms with van der Waals surface area (Å²) < 4.78 is 1.21. The van der Waals surface area contributed by atoms with Gasteiger partial charge in [-0.1, -0.05) is 11.8 Å². The van der Waals surface area contributed by atoms with Gasteiger partial charge >= 0.3 is 0 Å². The Morgan fingerprint density at radius 3 is 2.95 bits per heavy atom. The Bertz CT molecular complexity index is 568. The monoisotopic (exact) mass is 421 g/mol. The van der Waals surface area contributed by atoms with E-state index in [1.807, 2.05) is 0 Å². The number of thioether (sulfide) groups is 1. The van der Waals surface area contributed by atoms with Crippen LogP contribution in [-0.2, 0) is 9.59 Å². The molecule has 108 valence electrons. The van der Waals surface area contributed by atoms with Gasteiger partial charge in [-0.3, -0.25) is 9.59 Å². The van der Waals surface area contributed by atoms with Gasteiger partial charge in [-0.2, -0.15) is 0 Å². The molecule has 1 aliphatic heterocycles. The first-order chi connectivity index (χ1) is 9.40. The molecular weight excluding hydrogens is 410 g/mol. The van der Waals surface area contributed by atoms with Crippen LogP contribution in [-0.4, -0.2) is 28.3 Å². The first-order valence-electron chi connectivity index (χ1n) is 5.93. The molecule has 2 N–H and O–H groups in total. The molecule has 8 heteroatoms. The predicted octanol–water partition coefficient (Wildman–Crippen LogP) is 2.82. The van der Waals surface area contributed by atoms with Crippen LogP contribution in [0.25, 0.3) is 0 Å². The number of halogens is 2. The van der Waals surface area contributed by atoms with Crippen molar-refractivity contribution >= 4 is 66.0 Å². The summed E-state index contributed by atoms with van der Waals surface area (Å²) in [7, 11) is 0. The Balaban J connectivity index is 2.20. The Hall–Kier alpha value is -0.600. The zero-order valence-corrected chi connectivity index (χ0v) is 14.7. The van der Waals surface area contributed by atoms with E-state index in [1.54, 1.807) is 11.1 Å². The van der Waals surface area contributed by atoms with Crippen molar-refractivity contribution in [2.75, 3.05) is 22.9 Å². The van der Waals surface area contributed by atoms with E-state index in [1.165, 1.54) is 18.7 Å². The number of pyridine rings is 1. The number of anilines is 2. The average molecular weight is 423 g/mol. The lowest BCUT2D eigenvalue weighted by Gasteiger charge is -2.20. The van der Waals surface area contributed by atoms with Crippen molar-refractivity contribution in [2.24, 2.45) is 5.92 Å². The zero-order chi connectivity index (χ0) is 14.9. The number of nitrogens with zero attached hydrogens (tertiary/aromatic N) is 2. The molecule has 1 unspecified atom stereocenters. The van der Waals surface area contributed by atoms with Gasteiger partial charge in [-0.15, -0.1) is 0 Å². The number of carbonyl (C=O) groups excluding carboxylic acids is 2. The van der Waals surface area contributed by atoms with Gasteiger partial charge in [-0.25, -0.2) is 4.98 Å². The van der Waals surface area contributed by atoms with Gasteiger partial charge in [0.25, 0.3) is 0 Å². The molecule has 1 atom stereocenters. The zero-order valence-electron chi connectivity index (χ0n) is 10.7. The van der Waals surface area contributed by atoms with E-state index in [0.29, 0.717) is 39.2 Å². The second kappa shape index (κ2) is 6.44. The van der Waals surface area contributed by atoms with E-state index in [2.05, 4.69) is 36.8 Å².